The molecule has 1 aromatic rings. The van der Waals surface area contributed by atoms with Crippen LogP contribution >= 0.6 is 15.9 Å². The van der Waals surface area contributed by atoms with Gasteiger partial charge in [-0.1, -0.05) is 13.8 Å². The summed E-state index contributed by atoms with van der Waals surface area (Å²) in [4.78, 5) is 8.73. The molecule has 0 spiro atoms. The first kappa shape index (κ1) is 10.9. The third-order valence-corrected chi connectivity index (χ3v) is 3.19. The van der Waals surface area contributed by atoms with Crippen LogP contribution in [0.15, 0.2) is 10.7 Å². The summed E-state index contributed by atoms with van der Waals surface area (Å²) in [6.45, 7) is 4.35. The molecule has 0 aliphatic heterocycles. The van der Waals surface area contributed by atoms with E-state index in [0.717, 1.165) is 28.6 Å². The van der Waals surface area contributed by atoms with E-state index >= 15 is 0 Å². The third-order valence-electron chi connectivity index (χ3n) is 2.78. The van der Waals surface area contributed by atoms with Crippen LogP contribution in [-0.4, -0.2) is 16.0 Å². The van der Waals surface area contributed by atoms with Crippen molar-refractivity contribution in [1.82, 2.24) is 9.97 Å². The summed E-state index contributed by atoms with van der Waals surface area (Å²) in [5.74, 6) is 2.70. The summed E-state index contributed by atoms with van der Waals surface area (Å²) >= 11 is 3.40. The Morgan fingerprint density at radius 1 is 1.47 bits per heavy atom. The van der Waals surface area contributed by atoms with Crippen LogP contribution in [0.2, 0.25) is 0 Å². The molecule has 4 heteroatoms. The lowest BCUT2D eigenvalue weighted by atomic mass is 9.82. The predicted molar refractivity (Wildman–Crippen MR) is 64.9 cm³/mol. The molecule has 1 heterocycles. The van der Waals surface area contributed by atoms with Crippen molar-refractivity contribution >= 4 is 21.7 Å². The van der Waals surface area contributed by atoms with E-state index in [2.05, 4.69) is 45.1 Å². The van der Waals surface area contributed by atoms with Gasteiger partial charge in [-0.3, -0.25) is 0 Å². The largest absolute Gasteiger partial charge is 0.367 e. The van der Waals surface area contributed by atoms with Gasteiger partial charge in [-0.25, -0.2) is 9.97 Å². The van der Waals surface area contributed by atoms with E-state index in [0.29, 0.717) is 6.04 Å². The van der Waals surface area contributed by atoms with Crippen molar-refractivity contribution < 1.29 is 0 Å². The van der Waals surface area contributed by atoms with E-state index in [9.17, 15) is 0 Å². The van der Waals surface area contributed by atoms with Gasteiger partial charge in [0.25, 0.3) is 0 Å². The molecule has 3 nitrogen and oxygen atoms in total. The van der Waals surface area contributed by atoms with E-state index in [4.69, 9.17) is 0 Å². The van der Waals surface area contributed by atoms with Gasteiger partial charge < -0.3 is 5.32 Å². The standard InChI is InChI=1S/C11H16BrN3/c1-3-10-14-9(12)6-11(15-10)13-8-4-7(2)5-8/h6-8H,3-5H2,1-2H3,(H,13,14,15). The van der Waals surface area contributed by atoms with Gasteiger partial charge in [0.05, 0.1) is 0 Å². The summed E-state index contributed by atoms with van der Waals surface area (Å²) in [6, 6.07) is 2.55. The molecule has 1 aliphatic carbocycles. The van der Waals surface area contributed by atoms with Crippen molar-refractivity contribution in [2.75, 3.05) is 5.32 Å². The fourth-order valence-electron chi connectivity index (χ4n) is 1.93. The summed E-state index contributed by atoms with van der Waals surface area (Å²) in [5, 5.41) is 3.44. The van der Waals surface area contributed by atoms with E-state index in [1.165, 1.54) is 12.8 Å². The zero-order chi connectivity index (χ0) is 10.8. The smallest absolute Gasteiger partial charge is 0.131 e. The molecule has 0 aromatic carbocycles. The Kier molecular flexibility index (Phi) is 3.24. The molecular formula is C11H16BrN3. The van der Waals surface area contributed by atoms with Gasteiger partial charge in [-0.05, 0) is 34.7 Å². The van der Waals surface area contributed by atoms with Gasteiger partial charge in [0.15, 0.2) is 0 Å². The Hall–Kier alpha value is -0.640. The molecule has 0 amide bonds. The molecule has 1 aromatic heterocycles. The minimum absolute atomic E-state index is 0.603. The van der Waals surface area contributed by atoms with Crippen LogP contribution in [0.3, 0.4) is 0 Å². The molecule has 15 heavy (non-hydrogen) atoms. The molecule has 1 fully saturated rings. The SMILES string of the molecule is CCc1nc(Br)cc(NC2CC(C)C2)n1. The second kappa shape index (κ2) is 4.47. The molecule has 0 atom stereocenters. The maximum absolute atomic E-state index is 4.45. The molecule has 2 rings (SSSR count). The number of aromatic nitrogens is 2. The molecule has 0 saturated heterocycles. The Morgan fingerprint density at radius 2 is 2.20 bits per heavy atom. The molecule has 1 N–H and O–H groups in total. The highest BCUT2D eigenvalue weighted by molar-refractivity contribution is 9.10. The third kappa shape index (κ3) is 2.68. The van der Waals surface area contributed by atoms with Crippen LogP contribution in [0.25, 0.3) is 0 Å². The Bertz CT molecular complexity index is 348. The van der Waals surface area contributed by atoms with Crippen molar-refractivity contribution in [3.05, 3.63) is 16.5 Å². The van der Waals surface area contributed by atoms with E-state index in [1.807, 2.05) is 6.07 Å². The first-order chi connectivity index (χ1) is 7.17. The lowest BCUT2D eigenvalue weighted by molar-refractivity contribution is 0.308. The number of aryl methyl sites for hydroxylation is 1. The number of nitrogens with one attached hydrogen (secondary N) is 1. The van der Waals surface area contributed by atoms with Crippen molar-refractivity contribution in [3.8, 4) is 0 Å². The molecule has 0 radical (unpaired) electrons. The van der Waals surface area contributed by atoms with Gasteiger partial charge >= 0.3 is 0 Å². The van der Waals surface area contributed by atoms with Crippen LogP contribution in [0.1, 0.15) is 32.5 Å². The highest BCUT2D eigenvalue weighted by Gasteiger charge is 2.25. The van der Waals surface area contributed by atoms with Crippen LogP contribution < -0.4 is 5.32 Å². The highest BCUT2D eigenvalue weighted by atomic mass is 79.9. The molecule has 1 aliphatic rings. The topological polar surface area (TPSA) is 37.8 Å². The lowest BCUT2D eigenvalue weighted by Gasteiger charge is -2.33. The Balaban J connectivity index is 2.04. The number of nitrogens with zero attached hydrogens (tertiary/aromatic N) is 2. The Morgan fingerprint density at radius 3 is 2.80 bits per heavy atom. The average molecular weight is 270 g/mol. The minimum Gasteiger partial charge on any atom is -0.367 e. The van der Waals surface area contributed by atoms with Crippen molar-refractivity contribution in [3.63, 3.8) is 0 Å². The van der Waals surface area contributed by atoms with Gasteiger partial charge in [0.1, 0.15) is 16.2 Å². The van der Waals surface area contributed by atoms with Gasteiger partial charge in [0.2, 0.25) is 0 Å². The number of rotatable bonds is 3. The van der Waals surface area contributed by atoms with Gasteiger partial charge in [0, 0.05) is 18.5 Å². The normalized spacial score (nSPS) is 24.7. The van der Waals surface area contributed by atoms with Crippen LogP contribution in [-0.2, 0) is 6.42 Å². The van der Waals surface area contributed by atoms with Crippen LogP contribution in [0.4, 0.5) is 5.82 Å². The molecular weight excluding hydrogens is 254 g/mol. The fourth-order valence-corrected chi connectivity index (χ4v) is 2.35. The van der Waals surface area contributed by atoms with Gasteiger partial charge in [-0.2, -0.15) is 0 Å². The molecule has 0 unspecified atom stereocenters. The predicted octanol–water partition coefficient (Wildman–Crippen LogP) is 3.01. The number of hydrogen-bond acceptors (Lipinski definition) is 3. The van der Waals surface area contributed by atoms with Crippen molar-refractivity contribution in [2.24, 2.45) is 5.92 Å². The zero-order valence-electron chi connectivity index (χ0n) is 9.13. The molecule has 82 valence electrons. The summed E-state index contributed by atoms with van der Waals surface area (Å²) in [6.07, 6.45) is 3.38. The van der Waals surface area contributed by atoms with Crippen LogP contribution in [0.5, 0.6) is 0 Å². The first-order valence-electron chi connectivity index (χ1n) is 5.47. The van der Waals surface area contributed by atoms with E-state index in [1.54, 1.807) is 0 Å². The Labute approximate surface area is 98.8 Å². The van der Waals surface area contributed by atoms with Crippen molar-refractivity contribution in [2.45, 2.75) is 39.2 Å². The minimum atomic E-state index is 0.603. The fraction of sp³-hybridized carbons (Fsp3) is 0.636. The second-order valence-electron chi connectivity index (χ2n) is 4.26. The van der Waals surface area contributed by atoms with Crippen LogP contribution in [0, 0.1) is 5.92 Å². The van der Waals surface area contributed by atoms with Crippen molar-refractivity contribution in [1.29, 1.82) is 0 Å². The zero-order valence-corrected chi connectivity index (χ0v) is 10.7. The van der Waals surface area contributed by atoms with E-state index in [-0.39, 0.29) is 0 Å². The quantitative estimate of drug-likeness (QED) is 0.858. The average Bonchev–Trinajstić information content (AvgIpc) is 2.14. The number of anilines is 1. The number of halogens is 1. The summed E-state index contributed by atoms with van der Waals surface area (Å²) in [5.41, 5.74) is 0. The lowest BCUT2D eigenvalue weighted by Crippen LogP contribution is -2.34. The molecule has 0 bridgehead atoms. The summed E-state index contributed by atoms with van der Waals surface area (Å²) in [7, 11) is 0. The number of hydrogen-bond donors (Lipinski definition) is 1. The highest BCUT2D eigenvalue weighted by Crippen LogP contribution is 2.29. The van der Waals surface area contributed by atoms with E-state index < -0.39 is 0 Å². The first-order valence-corrected chi connectivity index (χ1v) is 6.26. The second-order valence-corrected chi connectivity index (χ2v) is 5.08. The monoisotopic (exact) mass is 269 g/mol. The molecule has 1 saturated carbocycles. The summed E-state index contributed by atoms with van der Waals surface area (Å²) < 4.78 is 0.865. The maximum atomic E-state index is 4.45. The van der Waals surface area contributed by atoms with Gasteiger partial charge in [-0.15, -0.1) is 0 Å². The maximum Gasteiger partial charge on any atom is 0.131 e.